The maximum Gasteiger partial charge on any atom is 0.170 e. The Morgan fingerprint density at radius 1 is 1.50 bits per heavy atom. The van der Waals surface area contributed by atoms with Crippen molar-refractivity contribution in [3.8, 4) is 0 Å². The Labute approximate surface area is 108 Å². The van der Waals surface area contributed by atoms with Crippen LogP contribution in [-0.4, -0.2) is 37.8 Å². The first-order chi connectivity index (χ1) is 8.69. The van der Waals surface area contributed by atoms with E-state index in [4.69, 9.17) is 15.7 Å². The molecule has 0 atom stereocenters. The van der Waals surface area contributed by atoms with Gasteiger partial charge in [0.1, 0.15) is 0 Å². The minimum atomic E-state index is 0.125. The van der Waals surface area contributed by atoms with Gasteiger partial charge in [-0.25, -0.2) is 0 Å². The van der Waals surface area contributed by atoms with E-state index in [-0.39, 0.29) is 5.84 Å². The van der Waals surface area contributed by atoms with Gasteiger partial charge >= 0.3 is 0 Å². The van der Waals surface area contributed by atoms with Crippen molar-refractivity contribution >= 4 is 11.5 Å². The third kappa shape index (κ3) is 4.25. The number of nitrogens with zero attached hydrogens (tertiary/aromatic N) is 2. The Bertz CT molecular complexity index is 394. The number of nitrogens with two attached hydrogens (primary N) is 1. The monoisotopic (exact) mass is 251 g/mol. The molecule has 1 aromatic rings. The predicted octanol–water partition coefficient (Wildman–Crippen LogP) is 1.64. The lowest BCUT2D eigenvalue weighted by atomic mass is 10.1. The molecule has 0 bridgehead atoms. The van der Waals surface area contributed by atoms with E-state index in [1.807, 2.05) is 38.2 Å². The fourth-order valence-electron chi connectivity index (χ4n) is 1.64. The van der Waals surface area contributed by atoms with E-state index in [1.54, 1.807) is 0 Å². The molecule has 0 unspecified atom stereocenters. The standard InChI is InChI=1S/C13H21N3O2/c1-3-18-9-5-8-16(2)12-7-4-6-11(10-12)13(14)15-17/h4,6-7,10,17H,3,5,8-9H2,1-2H3,(H2,14,15). The molecule has 5 nitrogen and oxygen atoms in total. The molecule has 0 saturated heterocycles. The van der Waals surface area contributed by atoms with Crippen LogP contribution in [0.5, 0.6) is 0 Å². The predicted molar refractivity (Wildman–Crippen MR) is 73.3 cm³/mol. The summed E-state index contributed by atoms with van der Waals surface area (Å²) in [5, 5.41) is 11.7. The molecule has 1 rings (SSSR count). The summed E-state index contributed by atoms with van der Waals surface area (Å²) in [6.07, 6.45) is 0.970. The van der Waals surface area contributed by atoms with Gasteiger partial charge in [0.25, 0.3) is 0 Å². The Kier molecular flexibility index (Phi) is 6.00. The molecule has 0 aromatic heterocycles. The van der Waals surface area contributed by atoms with Crippen LogP contribution in [0.25, 0.3) is 0 Å². The first-order valence-electron chi connectivity index (χ1n) is 6.06. The third-order valence-corrected chi connectivity index (χ3v) is 2.68. The Balaban J connectivity index is 2.60. The van der Waals surface area contributed by atoms with Crippen molar-refractivity contribution in [2.45, 2.75) is 13.3 Å². The number of rotatable bonds is 7. The maximum absolute atomic E-state index is 8.65. The van der Waals surface area contributed by atoms with Crippen molar-refractivity contribution in [3.63, 3.8) is 0 Å². The second-order valence-electron chi connectivity index (χ2n) is 4.01. The highest BCUT2D eigenvalue weighted by Crippen LogP contribution is 2.15. The zero-order valence-electron chi connectivity index (χ0n) is 11.0. The Hall–Kier alpha value is -1.75. The van der Waals surface area contributed by atoms with Gasteiger partial charge < -0.3 is 20.6 Å². The van der Waals surface area contributed by atoms with Crippen LogP contribution in [-0.2, 0) is 4.74 Å². The molecule has 0 aliphatic heterocycles. The average Bonchev–Trinajstić information content (AvgIpc) is 2.42. The van der Waals surface area contributed by atoms with Gasteiger partial charge in [0.2, 0.25) is 0 Å². The van der Waals surface area contributed by atoms with Crippen molar-refractivity contribution < 1.29 is 9.94 Å². The normalized spacial score (nSPS) is 11.6. The van der Waals surface area contributed by atoms with Crippen LogP contribution in [0, 0.1) is 0 Å². The zero-order chi connectivity index (χ0) is 13.4. The topological polar surface area (TPSA) is 71.1 Å². The number of hydrogen-bond acceptors (Lipinski definition) is 4. The molecule has 0 radical (unpaired) electrons. The molecule has 0 heterocycles. The lowest BCUT2D eigenvalue weighted by Gasteiger charge is -2.19. The number of hydrogen-bond donors (Lipinski definition) is 2. The number of oxime groups is 1. The molecule has 3 N–H and O–H groups in total. The summed E-state index contributed by atoms with van der Waals surface area (Å²) in [6, 6.07) is 7.60. The van der Waals surface area contributed by atoms with E-state index in [9.17, 15) is 0 Å². The smallest absolute Gasteiger partial charge is 0.170 e. The molecule has 5 heteroatoms. The summed E-state index contributed by atoms with van der Waals surface area (Å²) in [4.78, 5) is 2.12. The molecule has 0 fully saturated rings. The average molecular weight is 251 g/mol. The van der Waals surface area contributed by atoms with Crippen LogP contribution in [0.15, 0.2) is 29.4 Å². The fraction of sp³-hybridized carbons (Fsp3) is 0.462. The van der Waals surface area contributed by atoms with E-state index >= 15 is 0 Å². The van der Waals surface area contributed by atoms with Crippen molar-refractivity contribution in [2.75, 3.05) is 31.7 Å². The number of benzene rings is 1. The van der Waals surface area contributed by atoms with Crippen LogP contribution < -0.4 is 10.6 Å². The number of anilines is 1. The lowest BCUT2D eigenvalue weighted by Crippen LogP contribution is -2.21. The minimum Gasteiger partial charge on any atom is -0.409 e. The molecule has 0 aliphatic rings. The van der Waals surface area contributed by atoms with Crippen molar-refractivity contribution in [2.24, 2.45) is 10.9 Å². The van der Waals surface area contributed by atoms with Gasteiger partial charge in [0.15, 0.2) is 5.84 Å². The summed E-state index contributed by atoms with van der Waals surface area (Å²) in [7, 11) is 2.01. The van der Waals surface area contributed by atoms with Gasteiger partial charge in [-0.2, -0.15) is 0 Å². The van der Waals surface area contributed by atoms with Gasteiger partial charge in [-0.1, -0.05) is 17.3 Å². The molecular weight excluding hydrogens is 230 g/mol. The highest BCUT2D eigenvalue weighted by atomic mass is 16.5. The SMILES string of the molecule is CCOCCCN(C)c1cccc(C(N)=NO)c1. The molecule has 1 aromatic carbocycles. The van der Waals surface area contributed by atoms with E-state index < -0.39 is 0 Å². The second kappa shape index (κ2) is 7.55. The Morgan fingerprint density at radius 3 is 2.94 bits per heavy atom. The molecule has 0 aliphatic carbocycles. The minimum absolute atomic E-state index is 0.125. The van der Waals surface area contributed by atoms with E-state index in [0.717, 1.165) is 31.9 Å². The van der Waals surface area contributed by atoms with E-state index in [0.29, 0.717) is 5.56 Å². The first kappa shape index (κ1) is 14.3. The second-order valence-corrected chi connectivity index (χ2v) is 4.01. The molecule has 0 saturated carbocycles. The molecule has 18 heavy (non-hydrogen) atoms. The van der Waals surface area contributed by atoms with Crippen LogP contribution >= 0.6 is 0 Å². The summed E-state index contributed by atoms with van der Waals surface area (Å²) in [5.41, 5.74) is 7.32. The zero-order valence-corrected chi connectivity index (χ0v) is 11.0. The molecular formula is C13H21N3O2. The van der Waals surface area contributed by atoms with Crippen LogP contribution in [0.1, 0.15) is 18.9 Å². The summed E-state index contributed by atoms with van der Waals surface area (Å²) in [5.74, 6) is 0.125. The van der Waals surface area contributed by atoms with Gasteiger partial charge in [-0.05, 0) is 25.5 Å². The van der Waals surface area contributed by atoms with Gasteiger partial charge in [-0.3, -0.25) is 0 Å². The Morgan fingerprint density at radius 2 is 2.28 bits per heavy atom. The third-order valence-electron chi connectivity index (χ3n) is 2.68. The van der Waals surface area contributed by atoms with E-state index in [2.05, 4.69) is 10.1 Å². The van der Waals surface area contributed by atoms with E-state index in [1.165, 1.54) is 0 Å². The van der Waals surface area contributed by atoms with Crippen molar-refractivity contribution in [1.82, 2.24) is 0 Å². The summed E-state index contributed by atoms with van der Waals surface area (Å²) >= 11 is 0. The van der Waals surface area contributed by atoms with Gasteiger partial charge in [0, 0.05) is 38.1 Å². The molecule has 100 valence electrons. The maximum atomic E-state index is 8.65. The number of ether oxygens (including phenoxy) is 1. The van der Waals surface area contributed by atoms with Gasteiger partial charge in [-0.15, -0.1) is 0 Å². The summed E-state index contributed by atoms with van der Waals surface area (Å²) < 4.78 is 5.30. The van der Waals surface area contributed by atoms with Crippen molar-refractivity contribution in [1.29, 1.82) is 0 Å². The van der Waals surface area contributed by atoms with Crippen LogP contribution in [0.4, 0.5) is 5.69 Å². The van der Waals surface area contributed by atoms with Crippen molar-refractivity contribution in [3.05, 3.63) is 29.8 Å². The summed E-state index contributed by atoms with van der Waals surface area (Å²) in [6.45, 7) is 4.41. The lowest BCUT2D eigenvalue weighted by molar-refractivity contribution is 0.146. The highest BCUT2D eigenvalue weighted by Gasteiger charge is 2.04. The number of amidine groups is 1. The van der Waals surface area contributed by atoms with Crippen LogP contribution in [0.3, 0.4) is 0 Å². The quantitative estimate of drug-likeness (QED) is 0.254. The fourth-order valence-corrected chi connectivity index (χ4v) is 1.64. The molecule has 0 spiro atoms. The first-order valence-corrected chi connectivity index (χ1v) is 6.06. The van der Waals surface area contributed by atoms with Crippen LogP contribution in [0.2, 0.25) is 0 Å². The highest BCUT2D eigenvalue weighted by molar-refractivity contribution is 5.97. The molecule has 0 amide bonds. The van der Waals surface area contributed by atoms with Gasteiger partial charge in [0.05, 0.1) is 0 Å². The largest absolute Gasteiger partial charge is 0.409 e.